The van der Waals surface area contributed by atoms with Crippen LogP contribution in [-0.4, -0.2) is 63.5 Å². The summed E-state index contributed by atoms with van der Waals surface area (Å²) in [7, 11) is 0. The fourth-order valence-electron chi connectivity index (χ4n) is 1.24. The van der Waals surface area contributed by atoms with Crippen LogP contribution in [0.25, 0.3) is 0 Å². The molecule has 2 unspecified atom stereocenters. The summed E-state index contributed by atoms with van der Waals surface area (Å²) in [5.41, 5.74) is 0. The normalized spacial score (nSPS) is 12.7. The second kappa shape index (κ2) is 11.6. The molecule has 0 saturated carbocycles. The maximum Gasteiger partial charge on any atom is 0.303 e. The highest BCUT2D eigenvalue weighted by Crippen LogP contribution is 1.99. The fraction of sp³-hybridized carbons (Fsp3) is 0.667. The lowest BCUT2D eigenvalue weighted by atomic mass is 10.4. The third-order valence-electron chi connectivity index (χ3n) is 2.01. The van der Waals surface area contributed by atoms with E-state index in [1.165, 1.54) is 13.8 Å². The lowest BCUT2D eigenvalue weighted by Gasteiger charge is -2.19. The van der Waals surface area contributed by atoms with Gasteiger partial charge in [-0.3, -0.25) is 19.2 Å². The van der Waals surface area contributed by atoms with Crippen molar-refractivity contribution in [3.05, 3.63) is 0 Å². The summed E-state index contributed by atoms with van der Waals surface area (Å²) in [5.74, 6) is -1.07. The standard InChI is InChI=1S/C12H18O9/c1-9(15)19-6-12(21-10(2)16)5-17-3-11(20-8-14)4-18-7-13/h7-8,11-12H,3-6H2,1-2H3. The summed E-state index contributed by atoms with van der Waals surface area (Å²) in [6.07, 6.45) is -1.56. The maximum atomic E-state index is 10.9. The van der Waals surface area contributed by atoms with E-state index in [1.807, 2.05) is 0 Å². The van der Waals surface area contributed by atoms with Gasteiger partial charge in [0.1, 0.15) is 13.2 Å². The van der Waals surface area contributed by atoms with Crippen LogP contribution in [0.1, 0.15) is 13.8 Å². The topological polar surface area (TPSA) is 114 Å². The molecule has 0 aliphatic heterocycles. The Morgan fingerprint density at radius 3 is 2.10 bits per heavy atom. The van der Waals surface area contributed by atoms with Crippen LogP contribution < -0.4 is 0 Å². The van der Waals surface area contributed by atoms with E-state index in [0.717, 1.165) is 0 Å². The Bertz CT molecular complexity index is 342. The molecule has 0 aliphatic carbocycles. The Labute approximate surface area is 121 Å². The minimum absolute atomic E-state index is 0.0767. The number of rotatable bonds is 12. The number of carbonyl (C=O) groups excluding carboxylic acids is 4. The van der Waals surface area contributed by atoms with Gasteiger partial charge in [0.15, 0.2) is 12.2 Å². The van der Waals surface area contributed by atoms with Gasteiger partial charge < -0.3 is 23.7 Å². The molecule has 2 atom stereocenters. The number of carbonyl (C=O) groups is 4. The third kappa shape index (κ3) is 11.4. The van der Waals surface area contributed by atoms with Crippen LogP contribution in [0.3, 0.4) is 0 Å². The van der Waals surface area contributed by atoms with Crippen molar-refractivity contribution >= 4 is 24.9 Å². The maximum absolute atomic E-state index is 10.9. The summed E-state index contributed by atoms with van der Waals surface area (Å²) < 4.78 is 23.9. The van der Waals surface area contributed by atoms with Crippen molar-refractivity contribution in [2.75, 3.05) is 26.4 Å². The van der Waals surface area contributed by atoms with Gasteiger partial charge >= 0.3 is 11.9 Å². The predicted molar refractivity (Wildman–Crippen MR) is 66.0 cm³/mol. The van der Waals surface area contributed by atoms with E-state index in [1.54, 1.807) is 0 Å². The molecule has 0 fully saturated rings. The molecule has 9 nitrogen and oxygen atoms in total. The molecule has 0 spiro atoms. The monoisotopic (exact) mass is 306 g/mol. The van der Waals surface area contributed by atoms with Crippen molar-refractivity contribution in [2.24, 2.45) is 0 Å². The van der Waals surface area contributed by atoms with Crippen molar-refractivity contribution in [3.63, 3.8) is 0 Å². The second-order valence-corrected chi connectivity index (χ2v) is 3.86. The predicted octanol–water partition coefficient (Wildman–Crippen LogP) is -0.788. The Hall–Kier alpha value is -2.16. The SMILES string of the molecule is CC(=O)OCC(COCC(COC=O)OC=O)OC(C)=O. The van der Waals surface area contributed by atoms with Crippen molar-refractivity contribution in [1.82, 2.24) is 0 Å². The van der Waals surface area contributed by atoms with Gasteiger partial charge in [-0.1, -0.05) is 0 Å². The molecular formula is C12H18O9. The molecule has 0 amide bonds. The molecule has 0 N–H and O–H groups in total. The van der Waals surface area contributed by atoms with Crippen LogP contribution in [0.2, 0.25) is 0 Å². The first-order chi connectivity index (χ1) is 9.99. The second-order valence-electron chi connectivity index (χ2n) is 3.86. The Morgan fingerprint density at radius 1 is 0.905 bits per heavy atom. The summed E-state index contributed by atoms with van der Waals surface area (Å²) in [6, 6.07) is 0. The van der Waals surface area contributed by atoms with Crippen molar-refractivity contribution in [1.29, 1.82) is 0 Å². The highest BCUT2D eigenvalue weighted by molar-refractivity contribution is 5.67. The van der Waals surface area contributed by atoms with E-state index in [4.69, 9.17) is 14.2 Å². The zero-order chi connectivity index (χ0) is 16.1. The number of ether oxygens (including phenoxy) is 5. The van der Waals surface area contributed by atoms with Crippen LogP contribution in [0.15, 0.2) is 0 Å². The lowest BCUT2D eigenvalue weighted by molar-refractivity contribution is -0.162. The highest BCUT2D eigenvalue weighted by atomic mass is 16.6. The Kier molecular flexibility index (Phi) is 10.5. The number of hydrogen-bond donors (Lipinski definition) is 0. The van der Waals surface area contributed by atoms with Crippen molar-refractivity contribution in [2.45, 2.75) is 26.1 Å². The van der Waals surface area contributed by atoms with Gasteiger partial charge in [0.05, 0.1) is 13.2 Å². The average Bonchev–Trinajstić information content (AvgIpc) is 2.41. The van der Waals surface area contributed by atoms with Gasteiger partial charge in [0, 0.05) is 13.8 Å². The molecule has 120 valence electrons. The van der Waals surface area contributed by atoms with E-state index in [-0.39, 0.29) is 39.4 Å². The molecule has 9 heteroatoms. The van der Waals surface area contributed by atoms with E-state index < -0.39 is 24.1 Å². The van der Waals surface area contributed by atoms with Gasteiger partial charge in [-0.05, 0) is 0 Å². The van der Waals surface area contributed by atoms with Crippen LogP contribution in [-0.2, 0) is 42.9 Å². The number of esters is 2. The first-order valence-electron chi connectivity index (χ1n) is 6.02. The first-order valence-corrected chi connectivity index (χ1v) is 6.02. The largest absolute Gasteiger partial charge is 0.464 e. The summed E-state index contributed by atoms with van der Waals surface area (Å²) in [6.45, 7) is 2.36. The minimum Gasteiger partial charge on any atom is -0.464 e. The molecular weight excluding hydrogens is 288 g/mol. The first kappa shape index (κ1) is 18.8. The molecule has 0 aromatic carbocycles. The van der Waals surface area contributed by atoms with Gasteiger partial charge in [-0.25, -0.2) is 0 Å². The van der Waals surface area contributed by atoms with E-state index in [2.05, 4.69) is 9.47 Å². The molecule has 0 rings (SSSR count). The van der Waals surface area contributed by atoms with Gasteiger partial charge in [-0.15, -0.1) is 0 Å². The quantitative estimate of drug-likeness (QED) is 0.260. The Balaban J connectivity index is 4.17. The molecule has 0 radical (unpaired) electrons. The summed E-state index contributed by atoms with van der Waals surface area (Å²) >= 11 is 0. The summed E-state index contributed by atoms with van der Waals surface area (Å²) in [4.78, 5) is 41.9. The van der Waals surface area contributed by atoms with Crippen LogP contribution >= 0.6 is 0 Å². The minimum atomic E-state index is -0.782. The van der Waals surface area contributed by atoms with Crippen LogP contribution in [0.5, 0.6) is 0 Å². The molecule has 0 heterocycles. The van der Waals surface area contributed by atoms with Crippen LogP contribution in [0.4, 0.5) is 0 Å². The molecule has 0 aromatic rings. The zero-order valence-corrected chi connectivity index (χ0v) is 11.8. The average molecular weight is 306 g/mol. The van der Waals surface area contributed by atoms with Crippen LogP contribution in [0, 0.1) is 0 Å². The van der Waals surface area contributed by atoms with Crippen molar-refractivity contribution in [3.8, 4) is 0 Å². The van der Waals surface area contributed by atoms with Gasteiger partial charge in [0.2, 0.25) is 0 Å². The van der Waals surface area contributed by atoms with E-state index in [9.17, 15) is 19.2 Å². The fourth-order valence-corrected chi connectivity index (χ4v) is 1.24. The molecule has 21 heavy (non-hydrogen) atoms. The highest BCUT2D eigenvalue weighted by Gasteiger charge is 2.17. The number of hydrogen-bond acceptors (Lipinski definition) is 9. The molecule has 0 bridgehead atoms. The van der Waals surface area contributed by atoms with E-state index in [0.29, 0.717) is 0 Å². The van der Waals surface area contributed by atoms with E-state index >= 15 is 0 Å². The summed E-state index contributed by atoms with van der Waals surface area (Å²) in [5, 5.41) is 0. The smallest absolute Gasteiger partial charge is 0.303 e. The Morgan fingerprint density at radius 2 is 1.57 bits per heavy atom. The zero-order valence-electron chi connectivity index (χ0n) is 11.8. The van der Waals surface area contributed by atoms with Gasteiger partial charge in [-0.2, -0.15) is 0 Å². The van der Waals surface area contributed by atoms with Crippen molar-refractivity contribution < 1.29 is 42.9 Å². The molecule has 0 saturated heterocycles. The molecule has 0 aromatic heterocycles. The van der Waals surface area contributed by atoms with Gasteiger partial charge in [0.25, 0.3) is 12.9 Å². The molecule has 0 aliphatic rings. The third-order valence-corrected chi connectivity index (χ3v) is 2.01. The lowest BCUT2D eigenvalue weighted by Crippen LogP contribution is -2.32.